The van der Waals surface area contributed by atoms with Crippen molar-refractivity contribution in [2.24, 2.45) is 0 Å². The third kappa shape index (κ3) is 31.4. The molecule has 7 heterocycles. The van der Waals surface area contributed by atoms with Crippen LogP contribution in [-0.4, -0.2) is 465 Å². The van der Waals surface area contributed by atoms with E-state index >= 15 is 0 Å². The number of aliphatic hydroxyl groups is 8. The molecule has 7 rings (SSSR count). The Morgan fingerprint density at radius 1 is 0.254 bits per heavy atom. The topological polar surface area (TPSA) is 1110 Å². The first-order valence-corrected chi connectivity index (χ1v) is 47.9. The fourth-order valence-electron chi connectivity index (χ4n) is 12.6. The van der Waals surface area contributed by atoms with Gasteiger partial charge in [0.05, 0.1) is 26.4 Å². The Bertz CT molecular complexity index is 5150. The molecular formula is C43H72N4O68S11. The van der Waals surface area contributed by atoms with E-state index in [1.54, 1.807) is 0 Å². The monoisotopic (exact) mass is 2080 g/mol. The van der Waals surface area contributed by atoms with E-state index in [0.717, 1.165) is 9.44 Å². The molecule has 7 saturated heterocycles. The minimum Gasteiger partial charge on any atom is -0.479 e. The highest BCUT2D eigenvalue weighted by molar-refractivity contribution is 7.85. The number of aliphatic hydroxyl groups excluding tert-OH is 8. The van der Waals surface area contributed by atoms with Gasteiger partial charge in [-0.25, -0.2) is 43.7 Å². The van der Waals surface area contributed by atoms with E-state index < -0.39 is 373 Å². The standard InChI is InChI=1S/C43H72N4O68S11/c1-95-37-11(45-117(65,66)67)16(50)22(7(101-37)3-97-121(77,78)79)104-41-29(114-125(89,90)91)20(54)26(32(111-41)35(58)59)108-39-13(47-119(71,72)73)18(52)24(9(103-39)5-99-123(83,84)85)106-43-30(115-126(92,93)94)21(55)27(33(112-43)36(60)61)109-40-12(46-118(68,69)70)17(51)23(8(102-40)4-98-122(80,81)82)105-42-28(113-124(86,87)88)19(53)25(31(110-42)34(56)57)107-38-10(44-116(62,63)64)15(49)14(48)6(100-38)2-96-120(74,75)76/h6-33,37-55H,2-5H2,1H3,(H,56,57)(H,58,59)(H,60,61)(H,62,63,64)(H,65,66,67)(H,68,69,70)(H,71,72,73)(H,74,75,76)(H,77,78,79)(H,80,81,82)(H,83,84,85)(H,86,87,88)(H,89,90,91)(H,92,93,94)/t6-,7-,8-,9-,10-,11-,12-,13-,14-,15-,16-,17-,18-,19-,20-,21-,22-,23-,24-,25-,26-,27-,28+,29+,30+,31+,32+,33+,37+,38-,39-,40-,41+,42+,43+/m1/s1. The molecule has 35 atom stereocenters. The van der Waals surface area contributed by atoms with Crippen molar-refractivity contribution in [2.75, 3.05) is 33.5 Å². The van der Waals surface area contributed by atoms with Crippen LogP contribution in [0.1, 0.15) is 0 Å². The molecule has 126 heavy (non-hydrogen) atoms. The summed E-state index contributed by atoms with van der Waals surface area (Å²) < 4.78 is 485. The highest BCUT2D eigenvalue weighted by atomic mass is 32.3. The van der Waals surface area contributed by atoms with E-state index in [4.69, 9.17) is 70.9 Å². The molecule has 26 N–H and O–H groups in total. The lowest BCUT2D eigenvalue weighted by Crippen LogP contribution is -2.71. The van der Waals surface area contributed by atoms with Crippen molar-refractivity contribution in [2.45, 2.75) is 215 Å². The van der Waals surface area contributed by atoms with Crippen molar-refractivity contribution in [1.29, 1.82) is 0 Å². The summed E-state index contributed by atoms with van der Waals surface area (Å²) in [4.78, 5) is 39.5. The molecule has 0 amide bonds. The van der Waals surface area contributed by atoms with Gasteiger partial charge in [-0.1, -0.05) is 0 Å². The van der Waals surface area contributed by atoms with Gasteiger partial charge in [-0.3, -0.25) is 50.1 Å². The van der Waals surface area contributed by atoms with Crippen molar-refractivity contribution < 1.29 is 309 Å². The first-order valence-electron chi connectivity index (χ1n) is 32.6. The van der Waals surface area contributed by atoms with E-state index in [9.17, 15) is 209 Å². The second-order valence-corrected chi connectivity index (χ2v) is 38.3. The molecule has 0 aromatic heterocycles. The third-order valence-corrected chi connectivity index (χ3v) is 22.8. The molecule has 7 aliphatic rings. The van der Waals surface area contributed by atoms with Gasteiger partial charge >= 0.3 is 132 Å². The summed E-state index contributed by atoms with van der Waals surface area (Å²) in [6, 6.07) is -11.6. The molecule has 0 aromatic rings. The normalized spacial score (nSPS) is 39.0. The number of carboxylic acid groups (broad SMARTS) is 3. The number of methoxy groups -OCH3 is 1. The molecule has 738 valence electrons. The lowest BCUT2D eigenvalue weighted by molar-refractivity contribution is -0.377. The van der Waals surface area contributed by atoms with Crippen LogP contribution in [0.4, 0.5) is 0 Å². The lowest BCUT2D eigenvalue weighted by Gasteiger charge is -2.50. The molecule has 0 radical (unpaired) electrons. The maximum absolute atomic E-state index is 13.4. The van der Waals surface area contributed by atoms with Gasteiger partial charge in [0.1, 0.15) is 134 Å². The summed E-state index contributed by atoms with van der Waals surface area (Å²) in [5, 5.41) is 124. The summed E-state index contributed by atoms with van der Waals surface area (Å²) in [5.41, 5.74) is 0. The zero-order valence-electron chi connectivity index (χ0n) is 60.6. The van der Waals surface area contributed by atoms with Crippen molar-refractivity contribution in [1.82, 2.24) is 18.9 Å². The highest BCUT2D eigenvalue weighted by Crippen LogP contribution is 2.41. The van der Waals surface area contributed by atoms with Crippen LogP contribution in [0.3, 0.4) is 0 Å². The number of carbonyl (C=O) groups is 3. The van der Waals surface area contributed by atoms with Gasteiger partial charge < -0.3 is 122 Å². The summed E-state index contributed by atoms with van der Waals surface area (Å²) in [7, 11) is -65.2. The first-order chi connectivity index (χ1) is 57.0. The smallest absolute Gasteiger partial charge is 0.397 e. The molecular weight excluding hydrogens is 2010 g/mol. The van der Waals surface area contributed by atoms with Gasteiger partial charge in [-0.2, -0.15) is 111 Å². The predicted octanol–water partition coefficient (Wildman–Crippen LogP) is -19.0. The Morgan fingerprint density at radius 3 is 0.675 bits per heavy atom. The number of ether oxygens (including phenoxy) is 14. The Labute approximate surface area is 704 Å². The number of nitrogens with one attached hydrogen (secondary N) is 4. The van der Waals surface area contributed by atoms with Crippen molar-refractivity contribution in [3.63, 3.8) is 0 Å². The molecule has 0 unspecified atom stereocenters. The molecule has 0 aromatic carbocycles. The predicted molar refractivity (Wildman–Crippen MR) is 361 cm³/mol. The largest absolute Gasteiger partial charge is 0.479 e. The molecule has 83 heteroatoms. The highest BCUT2D eigenvalue weighted by Gasteiger charge is 2.64. The number of aliphatic carboxylic acids is 3. The maximum atomic E-state index is 13.4. The number of carboxylic acids is 3. The second-order valence-electron chi connectivity index (χ2n) is 26.0. The average Bonchev–Trinajstić information content (AvgIpc) is 0.756. The van der Waals surface area contributed by atoms with Crippen molar-refractivity contribution in [3.05, 3.63) is 0 Å². The van der Waals surface area contributed by atoms with E-state index in [2.05, 4.69) is 29.3 Å². The molecule has 0 saturated carbocycles. The SMILES string of the molecule is CO[C@H]1O[C@H](COS(=O)(=O)O)[C@@H](O[C@H]2O[C@H](C(=O)O)[C@H](O[C@H]3O[C@H](COS(=O)(=O)O)[C@@H](O[C@H]4O[C@H](C(=O)O)[C@H](O[C@H]5O[C@H](COS(=O)(=O)O)[C@@H](O[C@H]6O[C@H](C(=O)O)[C@H](O[C@H]7O[C@H](COS(=O)(=O)O)[C@@H](O)[C@H](O)[C@H]7NS(=O)(=O)O)[C@@H](O)[C@@H]6OS(=O)(=O)O)[C@H](O)[C@H]5NS(=O)(=O)O)[C@@H](O)[C@@H]4OS(=O)(=O)O)[C@H](O)[C@H]3NS(=O)(=O)O)[C@@H](O)[C@@H]2OS(=O)(=O)O)[C@H](O)[C@H]1NS(=O)(=O)O. The Hall–Kier alpha value is -3.90. The number of rotatable bonds is 42. The lowest BCUT2D eigenvalue weighted by atomic mass is 9.94. The molecule has 7 fully saturated rings. The Morgan fingerprint density at radius 2 is 0.460 bits per heavy atom. The number of hydrogen-bond donors (Lipinski definition) is 26. The average molecular weight is 2090 g/mol. The fraction of sp³-hybridized carbons (Fsp3) is 0.930. The van der Waals surface area contributed by atoms with Gasteiger partial charge in [0.2, 0.25) is 0 Å². The summed E-state index contributed by atoms with van der Waals surface area (Å²) >= 11 is 0. The van der Waals surface area contributed by atoms with Gasteiger partial charge in [-0.15, -0.1) is 0 Å². The zero-order valence-corrected chi connectivity index (χ0v) is 69.6. The van der Waals surface area contributed by atoms with Crippen LogP contribution >= 0.6 is 0 Å². The van der Waals surface area contributed by atoms with Crippen LogP contribution in [0.2, 0.25) is 0 Å². The summed E-state index contributed by atoms with van der Waals surface area (Å²) in [6.07, 6.45) is -96.4. The molecule has 0 bridgehead atoms. The minimum absolute atomic E-state index is 0.698. The summed E-state index contributed by atoms with van der Waals surface area (Å²) in [6.45, 7) is -7.39. The fourth-order valence-corrected chi connectivity index (χ4v) is 17.7. The van der Waals surface area contributed by atoms with E-state index in [-0.39, 0.29) is 0 Å². The minimum atomic E-state index is -6.46. The van der Waals surface area contributed by atoms with Crippen molar-refractivity contribution >= 4 is 132 Å². The van der Waals surface area contributed by atoms with Gasteiger partial charge in [0.25, 0.3) is 0 Å². The van der Waals surface area contributed by atoms with E-state index in [1.807, 2.05) is 0 Å². The molecule has 0 spiro atoms. The van der Waals surface area contributed by atoms with Crippen LogP contribution in [0.25, 0.3) is 0 Å². The zero-order chi connectivity index (χ0) is 95.9. The van der Waals surface area contributed by atoms with Crippen LogP contribution in [0.15, 0.2) is 0 Å². The van der Waals surface area contributed by atoms with Gasteiger partial charge in [-0.05, 0) is 0 Å². The van der Waals surface area contributed by atoms with Crippen molar-refractivity contribution in [3.8, 4) is 0 Å². The van der Waals surface area contributed by atoms with E-state index in [0.29, 0.717) is 7.11 Å². The molecule has 72 nitrogen and oxygen atoms in total. The maximum Gasteiger partial charge on any atom is 0.397 e. The third-order valence-electron chi connectivity index (χ3n) is 17.4. The summed E-state index contributed by atoms with van der Waals surface area (Å²) in [5.74, 6) is -7.80. The molecule has 7 aliphatic heterocycles. The Balaban J connectivity index is 1.26. The van der Waals surface area contributed by atoms with Crippen LogP contribution < -0.4 is 18.9 Å². The Kier molecular flexibility index (Phi) is 36.0. The van der Waals surface area contributed by atoms with Crippen LogP contribution in [0.5, 0.6) is 0 Å². The number of hydrogen-bond acceptors (Lipinski definition) is 54. The van der Waals surface area contributed by atoms with Gasteiger partial charge in [0, 0.05) is 7.11 Å². The second kappa shape index (κ2) is 41.5. The molecule has 0 aliphatic carbocycles. The quantitative estimate of drug-likeness (QED) is 0.0252. The van der Waals surface area contributed by atoms with Gasteiger partial charge in [0.15, 0.2) is 80.7 Å². The first kappa shape index (κ1) is 109. The van der Waals surface area contributed by atoms with E-state index in [1.165, 1.54) is 9.44 Å². The van der Waals surface area contributed by atoms with Crippen LogP contribution in [0, 0.1) is 0 Å². The van der Waals surface area contributed by atoms with Crippen LogP contribution in [-0.2, 0) is 224 Å².